The van der Waals surface area contributed by atoms with E-state index in [1.165, 1.54) is 14.2 Å². The molecule has 0 aliphatic heterocycles. The molecule has 1 aromatic rings. The molecule has 0 unspecified atom stereocenters. The Labute approximate surface area is 149 Å². The van der Waals surface area contributed by atoms with Gasteiger partial charge in [-0.15, -0.1) is 0 Å². The van der Waals surface area contributed by atoms with Gasteiger partial charge < -0.3 is 33.5 Å². The Bertz CT molecular complexity index is 582. The van der Waals surface area contributed by atoms with Crippen LogP contribution in [-0.4, -0.2) is 53.7 Å². The van der Waals surface area contributed by atoms with Gasteiger partial charge in [0.2, 0.25) is 11.5 Å². The lowest BCUT2D eigenvalue weighted by Gasteiger charge is -2.22. The molecule has 0 atom stereocenters. The molecule has 0 spiro atoms. The van der Waals surface area contributed by atoms with E-state index in [0.717, 1.165) is 16.7 Å². The van der Waals surface area contributed by atoms with Crippen LogP contribution in [0, 0.1) is 6.92 Å². The molecular weight excluding hydrogens is 328 g/mol. The summed E-state index contributed by atoms with van der Waals surface area (Å²) >= 11 is 0. The van der Waals surface area contributed by atoms with Crippen molar-refractivity contribution in [1.29, 1.82) is 0 Å². The lowest BCUT2D eigenvalue weighted by Crippen LogP contribution is -2.10. The van der Waals surface area contributed by atoms with Gasteiger partial charge in [0.1, 0.15) is 0 Å². The van der Waals surface area contributed by atoms with Crippen LogP contribution in [-0.2, 0) is 15.9 Å². The Morgan fingerprint density at radius 2 is 1.40 bits per heavy atom. The van der Waals surface area contributed by atoms with Gasteiger partial charge in [0.25, 0.3) is 0 Å². The third-order valence-electron chi connectivity index (χ3n) is 3.64. The lowest BCUT2D eigenvalue weighted by molar-refractivity contribution is 0.0439. The summed E-state index contributed by atoms with van der Waals surface area (Å²) in [5.74, 6) is 1.89. The van der Waals surface area contributed by atoms with Gasteiger partial charge in [-0.3, -0.25) is 0 Å². The predicted octanol–water partition coefficient (Wildman–Crippen LogP) is 2.46. The highest BCUT2D eigenvalue weighted by Crippen LogP contribution is 2.49. The highest BCUT2D eigenvalue weighted by atomic mass is 16.7. The van der Waals surface area contributed by atoms with Crippen molar-refractivity contribution in [3.8, 4) is 23.0 Å². The molecule has 1 aromatic carbocycles. The lowest BCUT2D eigenvalue weighted by atomic mass is 10.00. The van der Waals surface area contributed by atoms with Crippen molar-refractivity contribution >= 4 is 0 Å². The van der Waals surface area contributed by atoms with Crippen molar-refractivity contribution in [2.75, 3.05) is 48.6 Å². The summed E-state index contributed by atoms with van der Waals surface area (Å²) in [4.78, 5) is 0. The summed E-state index contributed by atoms with van der Waals surface area (Å²) in [7, 11) is 6.16. The molecule has 0 aliphatic rings. The zero-order chi connectivity index (χ0) is 18.8. The molecule has 7 heteroatoms. The molecular formula is C18H28O7. The van der Waals surface area contributed by atoms with Crippen molar-refractivity contribution in [2.45, 2.75) is 20.3 Å². The molecule has 0 fully saturated rings. The van der Waals surface area contributed by atoms with Gasteiger partial charge in [0.15, 0.2) is 25.1 Å². The minimum absolute atomic E-state index is 0.00632. The molecule has 0 saturated heterocycles. The molecule has 0 saturated carbocycles. The Hall–Kier alpha value is -1.96. The zero-order valence-electron chi connectivity index (χ0n) is 15.8. The van der Waals surface area contributed by atoms with E-state index >= 15 is 0 Å². The number of aliphatic hydroxyl groups is 1. The molecule has 1 N–H and O–H groups in total. The second kappa shape index (κ2) is 10.8. The van der Waals surface area contributed by atoms with Crippen LogP contribution in [0.1, 0.15) is 18.1 Å². The topological polar surface area (TPSA) is 75.6 Å². The Balaban J connectivity index is 3.55. The molecule has 0 aliphatic carbocycles. The molecule has 142 valence electrons. The van der Waals surface area contributed by atoms with Crippen LogP contribution in [0.2, 0.25) is 0 Å². The van der Waals surface area contributed by atoms with E-state index in [4.69, 9.17) is 28.4 Å². The van der Waals surface area contributed by atoms with Gasteiger partial charge in [-0.25, -0.2) is 0 Å². The second-order valence-electron chi connectivity index (χ2n) is 5.34. The van der Waals surface area contributed by atoms with E-state index in [9.17, 15) is 5.11 Å². The second-order valence-corrected chi connectivity index (χ2v) is 5.34. The molecule has 0 aromatic heterocycles. The van der Waals surface area contributed by atoms with Crippen LogP contribution >= 0.6 is 0 Å². The van der Waals surface area contributed by atoms with Gasteiger partial charge in [-0.05, 0) is 20.3 Å². The minimum Gasteiger partial charge on any atom is -0.490 e. The van der Waals surface area contributed by atoms with E-state index in [2.05, 4.69) is 0 Å². The highest BCUT2D eigenvalue weighted by molar-refractivity contribution is 5.67. The largest absolute Gasteiger partial charge is 0.490 e. The molecule has 0 amide bonds. The van der Waals surface area contributed by atoms with Crippen LogP contribution < -0.4 is 18.9 Å². The van der Waals surface area contributed by atoms with Crippen LogP contribution in [0.4, 0.5) is 0 Å². The third-order valence-corrected chi connectivity index (χ3v) is 3.64. The summed E-state index contributed by atoms with van der Waals surface area (Å²) in [5.41, 5.74) is 2.54. The average Bonchev–Trinajstić information content (AvgIpc) is 2.63. The summed E-state index contributed by atoms with van der Waals surface area (Å²) in [6.45, 7) is 3.89. The molecule has 25 heavy (non-hydrogen) atoms. The number of methoxy groups -OCH3 is 4. The number of aliphatic hydroxyl groups excluding tert-OH is 1. The standard InChI is InChI=1S/C18H28O7/c1-12(9-19)7-8-14-13(2)15(24-10-20-3)17(22-5)18(23-6)16(14)25-11-21-4/h7,19H,8-11H2,1-6H3/b12-7+. The maximum atomic E-state index is 9.24. The molecule has 7 nitrogen and oxygen atoms in total. The maximum absolute atomic E-state index is 9.24. The number of ether oxygens (including phenoxy) is 6. The number of rotatable bonds is 11. The number of allylic oxidation sites excluding steroid dienone is 1. The third kappa shape index (κ3) is 5.26. The van der Waals surface area contributed by atoms with Crippen molar-refractivity contribution < 1.29 is 33.5 Å². The highest BCUT2D eigenvalue weighted by Gasteiger charge is 2.25. The first-order chi connectivity index (χ1) is 12.0. The van der Waals surface area contributed by atoms with E-state index in [1.807, 2.05) is 19.9 Å². The van der Waals surface area contributed by atoms with Crippen LogP contribution in [0.3, 0.4) is 0 Å². The number of hydrogen-bond acceptors (Lipinski definition) is 7. The summed E-state index contributed by atoms with van der Waals surface area (Å²) in [6.07, 6.45) is 2.45. The SMILES string of the molecule is COCOc1c(C)c(C/C=C(\C)CO)c(OCOC)c(OC)c1OC. The normalized spacial score (nSPS) is 11.4. The van der Waals surface area contributed by atoms with Crippen LogP contribution in [0.15, 0.2) is 11.6 Å². The summed E-state index contributed by atoms with van der Waals surface area (Å²) in [5, 5.41) is 9.24. The molecule has 0 bridgehead atoms. The Morgan fingerprint density at radius 3 is 1.88 bits per heavy atom. The van der Waals surface area contributed by atoms with E-state index < -0.39 is 0 Å². The maximum Gasteiger partial charge on any atom is 0.207 e. The fourth-order valence-corrected chi connectivity index (χ4v) is 2.34. The monoisotopic (exact) mass is 356 g/mol. The molecule has 1 rings (SSSR count). The Kier molecular flexibility index (Phi) is 9.12. The van der Waals surface area contributed by atoms with Crippen LogP contribution in [0.25, 0.3) is 0 Å². The van der Waals surface area contributed by atoms with Gasteiger partial charge in [0.05, 0.1) is 20.8 Å². The van der Waals surface area contributed by atoms with Gasteiger partial charge in [-0.1, -0.05) is 11.6 Å². The zero-order valence-corrected chi connectivity index (χ0v) is 15.8. The van der Waals surface area contributed by atoms with Crippen molar-refractivity contribution in [3.63, 3.8) is 0 Å². The van der Waals surface area contributed by atoms with Gasteiger partial charge in [0, 0.05) is 25.3 Å². The number of hydrogen-bond donors (Lipinski definition) is 1. The molecule has 0 heterocycles. The van der Waals surface area contributed by atoms with Crippen molar-refractivity contribution in [3.05, 3.63) is 22.8 Å². The van der Waals surface area contributed by atoms with Crippen molar-refractivity contribution in [2.24, 2.45) is 0 Å². The van der Waals surface area contributed by atoms with Gasteiger partial charge in [-0.2, -0.15) is 0 Å². The first-order valence-electron chi connectivity index (χ1n) is 7.82. The Morgan fingerprint density at radius 1 is 0.880 bits per heavy atom. The summed E-state index contributed by atoms with van der Waals surface area (Å²) in [6, 6.07) is 0. The quantitative estimate of drug-likeness (QED) is 0.482. The average molecular weight is 356 g/mol. The summed E-state index contributed by atoms with van der Waals surface area (Å²) < 4.78 is 32.5. The van der Waals surface area contributed by atoms with E-state index in [1.54, 1.807) is 14.2 Å². The fourth-order valence-electron chi connectivity index (χ4n) is 2.34. The predicted molar refractivity (Wildman–Crippen MR) is 93.8 cm³/mol. The minimum atomic E-state index is -0.00632. The van der Waals surface area contributed by atoms with E-state index in [0.29, 0.717) is 29.4 Å². The smallest absolute Gasteiger partial charge is 0.207 e. The fraction of sp³-hybridized carbons (Fsp3) is 0.556. The van der Waals surface area contributed by atoms with Crippen molar-refractivity contribution in [1.82, 2.24) is 0 Å². The number of benzene rings is 1. The first kappa shape index (κ1) is 21.1. The molecule has 0 radical (unpaired) electrons. The van der Waals surface area contributed by atoms with Crippen LogP contribution in [0.5, 0.6) is 23.0 Å². The van der Waals surface area contributed by atoms with Gasteiger partial charge >= 0.3 is 0 Å². The van der Waals surface area contributed by atoms with E-state index in [-0.39, 0.29) is 20.2 Å². The first-order valence-corrected chi connectivity index (χ1v) is 7.82.